The average molecular weight is 325 g/mol. The summed E-state index contributed by atoms with van der Waals surface area (Å²) in [5, 5.41) is 2.69. The third-order valence-electron chi connectivity index (χ3n) is 3.49. The highest BCUT2D eigenvalue weighted by Gasteiger charge is 2.17. The second-order valence-electron chi connectivity index (χ2n) is 5.40. The van der Waals surface area contributed by atoms with Gasteiger partial charge in [0.15, 0.2) is 12.4 Å². The van der Waals surface area contributed by atoms with Gasteiger partial charge < -0.3 is 10.1 Å². The third kappa shape index (κ3) is 5.35. The standard InChI is InChI=1S/C19H19NO4/c1-14(22)18(11-15-5-3-2-4-6-15)20-19(23)13-24-17-9-7-16(12-21)8-10-17/h2-10,12,18H,11,13H2,1H3,(H,20,23)/t18-/m0/s1. The van der Waals surface area contributed by atoms with E-state index in [-0.39, 0.29) is 18.3 Å². The van der Waals surface area contributed by atoms with E-state index in [9.17, 15) is 14.4 Å². The fourth-order valence-corrected chi connectivity index (χ4v) is 2.17. The average Bonchev–Trinajstić information content (AvgIpc) is 2.60. The first-order chi connectivity index (χ1) is 11.6. The Labute approximate surface area is 140 Å². The van der Waals surface area contributed by atoms with Crippen molar-refractivity contribution in [2.45, 2.75) is 19.4 Å². The number of carbonyl (C=O) groups is 3. The summed E-state index contributed by atoms with van der Waals surface area (Å²) >= 11 is 0. The molecule has 0 fully saturated rings. The molecule has 1 N–H and O–H groups in total. The molecule has 0 radical (unpaired) electrons. The van der Waals surface area contributed by atoms with Crippen molar-refractivity contribution in [3.05, 3.63) is 65.7 Å². The monoisotopic (exact) mass is 325 g/mol. The minimum absolute atomic E-state index is 0.109. The lowest BCUT2D eigenvalue weighted by Gasteiger charge is -2.16. The molecular formula is C19H19NO4. The number of Topliss-reactive ketones (excluding diaryl/α,β-unsaturated/α-hetero) is 1. The van der Waals surface area contributed by atoms with E-state index in [1.165, 1.54) is 6.92 Å². The Morgan fingerprint density at radius 1 is 1.08 bits per heavy atom. The SMILES string of the molecule is CC(=O)[C@H](Cc1ccccc1)NC(=O)COc1ccc(C=O)cc1. The summed E-state index contributed by atoms with van der Waals surface area (Å²) in [6, 6.07) is 15.4. The van der Waals surface area contributed by atoms with Gasteiger partial charge >= 0.3 is 0 Å². The number of hydrogen-bond acceptors (Lipinski definition) is 4. The molecule has 0 aliphatic rings. The van der Waals surface area contributed by atoms with Crippen molar-refractivity contribution in [2.75, 3.05) is 6.61 Å². The van der Waals surface area contributed by atoms with Crippen molar-refractivity contribution < 1.29 is 19.1 Å². The second-order valence-corrected chi connectivity index (χ2v) is 5.40. The molecule has 0 heterocycles. The van der Waals surface area contributed by atoms with E-state index in [1.807, 2.05) is 30.3 Å². The number of nitrogens with one attached hydrogen (secondary N) is 1. The minimum Gasteiger partial charge on any atom is -0.484 e. The van der Waals surface area contributed by atoms with Gasteiger partial charge in [-0.15, -0.1) is 0 Å². The van der Waals surface area contributed by atoms with Crippen molar-refractivity contribution in [3.63, 3.8) is 0 Å². The van der Waals surface area contributed by atoms with Crippen LogP contribution in [0.4, 0.5) is 0 Å². The quantitative estimate of drug-likeness (QED) is 0.755. The fraction of sp³-hybridized carbons (Fsp3) is 0.211. The van der Waals surface area contributed by atoms with Crippen LogP contribution in [0, 0.1) is 0 Å². The largest absolute Gasteiger partial charge is 0.484 e. The first-order valence-electron chi connectivity index (χ1n) is 7.60. The first kappa shape index (κ1) is 17.4. The first-order valence-corrected chi connectivity index (χ1v) is 7.60. The van der Waals surface area contributed by atoms with Crippen LogP contribution < -0.4 is 10.1 Å². The van der Waals surface area contributed by atoms with Crippen LogP contribution >= 0.6 is 0 Å². The molecule has 1 atom stereocenters. The van der Waals surface area contributed by atoms with Crippen molar-refractivity contribution >= 4 is 18.0 Å². The molecule has 5 heteroatoms. The summed E-state index contributed by atoms with van der Waals surface area (Å²) in [6.45, 7) is 1.26. The van der Waals surface area contributed by atoms with Gasteiger partial charge in [0.25, 0.3) is 5.91 Å². The zero-order chi connectivity index (χ0) is 17.4. The fourth-order valence-electron chi connectivity index (χ4n) is 2.17. The van der Waals surface area contributed by atoms with Crippen LogP contribution in [0.25, 0.3) is 0 Å². The van der Waals surface area contributed by atoms with Gasteiger partial charge in [0, 0.05) is 5.56 Å². The zero-order valence-electron chi connectivity index (χ0n) is 13.4. The summed E-state index contributed by atoms with van der Waals surface area (Å²) < 4.78 is 5.36. The van der Waals surface area contributed by atoms with E-state index < -0.39 is 6.04 Å². The topological polar surface area (TPSA) is 72.5 Å². The van der Waals surface area contributed by atoms with Crippen LogP contribution in [0.5, 0.6) is 5.75 Å². The van der Waals surface area contributed by atoms with Crippen LogP contribution in [0.1, 0.15) is 22.8 Å². The molecule has 0 bridgehead atoms. The van der Waals surface area contributed by atoms with E-state index in [1.54, 1.807) is 24.3 Å². The Hall–Kier alpha value is -2.95. The van der Waals surface area contributed by atoms with Crippen LogP contribution in [-0.2, 0) is 16.0 Å². The summed E-state index contributed by atoms with van der Waals surface area (Å²) in [7, 11) is 0. The molecule has 0 aliphatic heterocycles. The molecule has 1 amide bonds. The molecule has 0 saturated heterocycles. The molecule has 2 aromatic carbocycles. The number of ketones is 1. The maximum atomic E-state index is 12.0. The lowest BCUT2D eigenvalue weighted by atomic mass is 10.0. The van der Waals surface area contributed by atoms with E-state index in [2.05, 4.69) is 5.32 Å². The third-order valence-corrected chi connectivity index (χ3v) is 3.49. The number of ether oxygens (including phenoxy) is 1. The number of hydrogen-bond donors (Lipinski definition) is 1. The zero-order valence-corrected chi connectivity index (χ0v) is 13.4. The molecule has 0 aliphatic carbocycles. The molecule has 2 aromatic rings. The number of benzene rings is 2. The van der Waals surface area contributed by atoms with Crippen molar-refractivity contribution in [1.82, 2.24) is 5.32 Å². The van der Waals surface area contributed by atoms with Crippen molar-refractivity contribution in [3.8, 4) is 5.75 Å². The maximum absolute atomic E-state index is 12.0. The molecule has 0 aromatic heterocycles. The van der Waals surface area contributed by atoms with E-state index >= 15 is 0 Å². The Morgan fingerprint density at radius 3 is 2.33 bits per heavy atom. The highest BCUT2D eigenvalue weighted by Crippen LogP contribution is 2.11. The van der Waals surface area contributed by atoms with Gasteiger partial charge in [0.2, 0.25) is 0 Å². The van der Waals surface area contributed by atoms with Crippen molar-refractivity contribution in [1.29, 1.82) is 0 Å². The highest BCUT2D eigenvalue weighted by atomic mass is 16.5. The number of carbonyl (C=O) groups excluding carboxylic acids is 3. The molecule has 2 rings (SSSR count). The van der Waals surface area contributed by atoms with Gasteiger partial charge in [-0.1, -0.05) is 30.3 Å². The predicted octanol–water partition coefficient (Wildman–Crippen LogP) is 2.19. The Bertz CT molecular complexity index is 695. The van der Waals surface area contributed by atoms with E-state index in [0.29, 0.717) is 17.7 Å². The Kier molecular flexibility index (Phi) is 6.25. The number of rotatable bonds is 8. The smallest absolute Gasteiger partial charge is 0.258 e. The van der Waals surface area contributed by atoms with Gasteiger partial charge in [0.1, 0.15) is 12.0 Å². The number of aldehydes is 1. The van der Waals surface area contributed by atoms with Crippen LogP contribution in [0.2, 0.25) is 0 Å². The van der Waals surface area contributed by atoms with Crippen LogP contribution in [-0.4, -0.2) is 30.6 Å². The van der Waals surface area contributed by atoms with Gasteiger partial charge in [-0.2, -0.15) is 0 Å². The minimum atomic E-state index is -0.582. The van der Waals surface area contributed by atoms with Crippen LogP contribution in [0.15, 0.2) is 54.6 Å². The van der Waals surface area contributed by atoms with Gasteiger partial charge in [-0.05, 0) is 43.2 Å². The van der Waals surface area contributed by atoms with Gasteiger partial charge in [-0.3, -0.25) is 14.4 Å². The van der Waals surface area contributed by atoms with Gasteiger partial charge in [-0.25, -0.2) is 0 Å². The number of amides is 1. The normalized spacial score (nSPS) is 11.4. The Balaban J connectivity index is 1.88. The van der Waals surface area contributed by atoms with Crippen molar-refractivity contribution in [2.24, 2.45) is 0 Å². The van der Waals surface area contributed by atoms with E-state index in [4.69, 9.17) is 4.74 Å². The molecule has 5 nitrogen and oxygen atoms in total. The molecular weight excluding hydrogens is 306 g/mol. The summed E-state index contributed by atoms with van der Waals surface area (Å²) in [5.41, 5.74) is 1.51. The summed E-state index contributed by atoms with van der Waals surface area (Å²) in [6.07, 6.45) is 1.17. The van der Waals surface area contributed by atoms with Gasteiger partial charge in [0.05, 0.1) is 6.04 Å². The highest BCUT2D eigenvalue weighted by molar-refractivity contribution is 5.88. The summed E-state index contributed by atoms with van der Waals surface area (Å²) in [5.74, 6) is 0.00585. The summed E-state index contributed by atoms with van der Waals surface area (Å²) in [4.78, 5) is 34.3. The molecule has 0 spiro atoms. The Morgan fingerprint density at radius 2 is 1.75 bits per heavy atom. The molecule has 0 unspecified atom stereocenters. The van der Waals surface area contributed by atoms with Crippen LogP contribution in [0.3, 0.4) is 0 Å². The van der Waals surface area contributed by atoms with E-state index in [0.717, 1.165) is 11.8 Å². The predicted molar refractivity (Wildman–Crippen MR) is 90.1 cm³/mol. The second kappa shape index (κ2) is 8.62. The lowest BCUT2D eigenvalue weighted by molar-refractivity contribution is -0.128. The lowest BCUT2D eigenvalue weighted by Crippen LogP contribution is -2.43. The molecule has 0 saturated carbocycles. The molecule has 124 valence electrons. The maximum Gasteiger partial charge on any atom is 0.258 e. The molecule has 24 heavy (non-hydrogen) atoms.